The minimum absolute atomic E-state index is 0.144. The highest BCUT2D eigenvalue weighted by atomic mass is 16.2. The SMILES string of the molecule is Cc1ccc(CN(C(=O)CN2C(=O)NC3(CCCCC3)C2=O)C2CC2)cc1. The molecule has 6 heteroatoms. The zero-order chi connectivity index (χ0) is 19.0. The molecule has 1 aliphatic heterocycles. The van der Waals surface area contributed by atoms with Crippen LogP contribution in [0.4, 0.5) is 4.79 Å². The fourth-order valence-electron chi connectivity index (χ4n) is 4.24. The summed E-state index contributed by atoms with van der Waals surface area (Å²) in [5.74, 6) is -0.360. The van der Waals surface area contributed by atoms with E-state index in [4.69, 9.17) is 0 Å². The number of hydrogen-bond acceptors (Lipinski definition) is 3. The summed E-state index contributed by atoms with van der Waals surface area (Å²) in [4.78, 5) is 41.3. The Balaban J connectivity index is 1.45. The van der Waals surface area contributed by atoms with Crippen molar-refractivity contribution >= 4 is 17.8 Å². The number of carbonyl (C=O) groups is 3. The average Bonchev–Trinajstić information content (AvgIpc) is 3.47. The van der Waals surface area contributed by atoms with E-state index in [2.05, 4.69) is 5.32 Å². The van der Waals surface area contributed by atoms with E-state index in [1.807, 2.05) is 36.1 Å². The molecule has 27 heavy (non-hydrogen) atoms. The Morgan fingerprint density at radius 1 is 1.15 bits per heavy atom. The largest absolute Gasteiger partial charge is 0.334 e. The number of aryl methyl sites for hydroxylation is 1. The van der Waals surface area contributed by atoms with Crippen LogP contribution < -0.4 is 5.32 Å². The van der Waals surface area contributed by atoms with E-state index in [0.29, 0.717) is 19.4 Å². The topological polar surface area (TPSA) is 69.7 Å². The van der Waals surface area contributed by atoms with Gasteiger partial charge in [-0.15, -0.1) is 0 Å². The second kappa shape index (κ2) is 6.98. The summed E-state index contributed by atoms with van der Waals surface area (Å²) in [6.45, 7) is 2.40. The van der Waals surface area contributed by atoms with Gasteiger partial charge < -0.3 is 10.2 Å². The van der Waals surface area contributed by atoms with Crippen molar-refractivity contribution in [2.24, 2.45) is 0 Å². The van der Waals surface area contributed by atoms with Crippen molar-refractivity contribution in [1.29, 1.82) is 0 Å². The molecule has 3 fully saturated rings. The number of rotatable bonds is 5. The molecule has 6 nitrogen and oxygen atoms in total. The molecule has 0 unspecified atom stereocenters. The summed E-state index contributed by atoms with van der Waals surface area (Å²) in [5, 5.41) is 2.88. The molecule has 4 rings (SSSR count). The van der Waals surface area contributed by atoms with Gasteiger partial charge >= 0.3 is 6.03 Å². The Labute approximate surface area is 159 Å². The number of urea groups is 1. The Hall–Kier alpha value is -2.37. The van der Waals surface area contributed by atoms with Gasteiger partial charge in [0.25, 0.3) is 5.91 Å². The van der Waals surface area contributed by atoms with Crippen LogP contribution in [0.3, 0.4) is 0 Å². The number of benzene rings is 1. The van der Waals surface area contributed by atoms with Gasteiger partial charge in [0.2, 0.25) is 5.91 Å². The Kier molecular flexibility index (Phi) is 4.66. The van der Waals surface area contributed by atoms with Crippen LogP contribution in [0.15, 0.2) is 24.3 Å². The number of carbonyl (C=O) groups excluding carboxylic acids is 3. The van der Waals surface area contributed by atoms with E-state index in [1.54, 1.807) is 0 Å². The van der Waals surface area contributed by atoms with Crippen LogP contribution in [0.25, 0.3) is 0 Å². The lowest BCUT2D eigenvalue weighted by atomic mass is 9.82. The van der Waals surface area contributed by atoms with Crippen molar-refractivity contribution in [2.45, 2.75) is 70.0 Å². The average molecular weight is 369 g/mol. The molecule has 1 spiro atoms. The first-order chi connectivity index (χ1) is 13.0. The van der Waals surface area contributed by atoms with E-state index in [0.717, 1.165) is 42.6 Å². The second-order valence-electron chi connectivity index (χ2n) is 8.20. The molecule has 1 N–H and O–H groups in total. The van der Waals surface area contributed by atoms with Crippen molar-refractivity contribution in [3.05, 3.63) is 35.4 Å². The number of nitrogens with zero attached hydrogens (tertiary/aromatic N) is 2. The smallest absolute Gasteiger partial charge is 0.325 e. The van der Waals surface area contributed by atoms with Gasteiger partial charge in [-0.05, 0) is 38.2 Å². The van der Waals surface area contributed by atoms with Gasteiger partial charge in [0.05, 0.1) is 0 Å². The highest BCUT2D eigenvalue weighted by molar-refractivity contribution is 6.09. The number of amides is 4. The monoisotopic (exact) mass is 369 g/mol. The Bertz CT molecular complexity index is 748. The normalized spacial score (nSPS) is 21.4. The minimum Gasteiger partial charge on any atom is -0.334 e. The molecule has 0 bridgehead atoms. The van der Waals surface area contributed by atoms with Crippen molar-refractivity contribution < 1.29 is 14.4 Å². The summed E-state index contributed by atoms with van der Waals surface area (Å²) >= 11 is 0. The van der Waals surface area contributed by atoms with Crippen molar-refractivity contribution in [3.63, 3.8) is 0 Å². The first kappa shape index (κ1) is 18.0. The first-order valence-corrected chi connectivity index (χ1v) is 9.98. The molecule has 1 saturated heterocycles. The summed E-state index contributed by atoms with van der Waals surface area (Å²) in [6.07, 6.45) is 6.31. The Morgan fingerprint density at radius 2 is 1.81 bits per heavy atom. The van der Waals surface area contributed by atoms with Crippen LogP contribution in [0, 0.1) is 6.92 Å². The molecule has 2 saturated carbocycles. The lowest BCUT2D eigenvalue weighted by molar-refractivity contribution is -0.140. The van der Waals surface area contributed by atoms with Gasteiger partial charge in [-0.2, -0.15) is 0 Å². The highest BCUT2D eigenvalue weighted by Crippen LogP contribution is 2.34. The molecule has 0 aromatic heterocycles. The third kappa shape index (κ3) is 3.57. The third-order valence-corrected chi connectivity index (χ3v) is 6.03. The first-order valence-electron chi connectivity index (χ1n) is 9.98. The maximum absolute atomic E-state index is 13.0. The van der Waals surface area contributed by atoms with E-state index in [1.165, 1.54) is 5.56 Å². The molecule has 0 atom stereocenters. The maximum Gasteiger partial charge on any atom is 0.325 e. The molecule has 1 aromatic carbocycles. The van der Waals surface area contributed by atoms with E-state index in [-0.39, 0.29) is 24.4 Å². The molecule has 1 heterocycles. The van der Waals surface area contributed by atoms with Gasteiger partial charge in [0, 0.05) is 12.6 Å². The third-order valence-electron chi connectivity index (χ3n) is 6.03. The standard InChI is InChI=1S/C21H27N3O3/c1-15-5-7-16(8-6-15)13-23(17-9-10-17)18(25)14-24-19(26)21(22-20(24)27)11-3-2-4-12-21/h5-8,17H,2-4,9-14H2,1H3,(H,22,27). The minimum atomic E-state index is -0.767. The highest BCUT2D eigenvalue weighted by Gasteiger charge is 2.52. The van der Waals surface area contributed by atoms with Crippen LogP contribution in [-0.2, 0) is 16.1 Å². The fourth-order valence-corrected chi connectivity index (χ4v) is 4.24. The van der Waals surface area contributed by atoms with Gasteiger partial charge in [-0.25, -0.2) is 4.79 Å². The summed E-state index contributed by atoms with van der Waals surface area (Å²) in [5.41, 5.74) is 1.48. The summed E-state index contributed by atoms with van der Waals surface area (Å²) in [7, 11) is 0. The van der Waals surface area contributed by atoms with Gasteiger partial charge in [-0.3, -0.25) is 14.5 Å². The number of hydrogen-bond donors (Lipinski definition) is 1. The molecule has 1 aromatic rings. The zero-order valence-corrected chi connectivity index (χ0v) is 15.9. The summed E-state index contributed by atoms with van der Waals surface area (Å²) < 4.78 is 0. The quantitative estimate of drug-likeness (QED) is 0.812. The molecule has 0 radical (unpaired) electrons. The Morgan fingerprint density at radius 3 is 2.44 bits per heavy atom. The van der Waals surface area contributed by atoms with E-state index < -0.39 is 11.6 Å². The van der Waals surface area contributed by atoms with Gasteiger partial charge in [0.1, 0.15) is 12.1 Å². The van der Waals surface area contributed by atoms with Crippen LogP contribution in [0.5, 0.6) is 0 Å². The fraction of sp³-hybridized carbons (Fsp3) is 0.571. The lowest BCUT2D eigenvalue weighted by Gasteiger charge is -2.30. The van der Waals surface area contributed by atoms with Crippen LogP contribution in [0.2, 0.25) is 0 Å². The van der Waals surface area contributed by atoms with Gasteiger partial charge in [0.15, 0.2) is 0 Å². The van der Waals surface area contributed by atoms with Crippen LogP contribution >= 0.6 is 0 Å². The molecular formula is C21H27N3O3. The van der Waals surface area contributed by atoms with E-state index in [9.17, 15) is 14.4 Å². The van der Waals surface area contributed by atoms with Crippen molar-refractivity contribution in [2.75, 3.05) is 6.54 Å². The van der Waals surface area contributed by atoms with Crippen molar-refractivity contribution in [3.8, 4) is 0 Å². The van der Waals surface area contributed by atoms with Crippen LogP contribution in [0.1, 0.15) is 56.1 Å². The summed E-state index contributed by atoms with van der Waals surface area (Å²) in [6, 6.07) is 7.94. The lowest BCUT2D eigenvalue weighted by Crippen LogP contribution is -2.49. The van der Waals surface area contributed by atoms with Crippen LogP contribution in [-0.4, -0.2) is 45.8 Å². The zero-order valence-electron chi connectivity index (χ0n) is 15.9. The molecule has 4 amide bonds. The van der Waals surface area contributed by atoms with E-state index >= 15 is 0 Å². The molecule has 144 valence electrons. The predicted molar refractivity (Wildman–Crippen MR) is 101 cm³/mol. The van der Waals surface area contributed by atoms with Crippen molar-refractivity contribution in [1.82, 2.24) is 15.1 Å². The number of imide groups is 1. The molecule has 3 aliphatic rings. The molecule has 2 aliphatic carbocycles. The maximum atomic E-state index is 13.0. The number of nitrogens with one attached hydrogen (secondary N) is 1. The second-order valence-corrected chi connectivity index (χ2v) is 8.20. The molecular weight excluding hydrogens is 342 g/mol. The predicted octanol–water partition coefficient (Wildman–Crippen LogP) is 2.74. The van der Waals surface area contributed by atoms with Gasteiger partial charge in [-0.1, -0.05) is 49.1 Å².